The minimum Gasteiger partial charge on any atom is -0.303 e. The first-order chi connectivity index (χ1) is 17.2. The van der Waals surface area contributed by atoms with Crippen molar-refractivity contribution in [1.29, 1.82) is 0 Å². The molecule has 1 saturated heterocycles. The summed E-state index contributed by atoms with van der Waals surface area (Å²) in [7, 11) is 0. The van der Waals surface area contributed by atoms with E-state index in [2.05, 4.69) is 45.5 Å². The highest BCUT2D eigenvalue weighted by molar-refractivity contribution is 8.01. The first kappa shape index (κ1) is 25.6. The number of likely N-dealkylation sites (tertiary alicyclic amines) is 1. The third kappa shape index (κ3) is 8.24. The van der Waals surface area contributed by atoms with Crippen molar-refractivity contribution in [3.63, 3.8) is 0 Å². The summed E-state index contributed by atoms with van der Waals surface area (Å²) < 4.78 is 1.22. The van der Waals surface area contributed by atoms with Gasteiger partial charge in [-0.1, -0.05) is 61.6 Å². The van der Waals surface area contributed by atoms with Gasteiger partial charge in [-0.2, -0.15) is 0 Å². The Morgan fingerprint density at radius 2 is 1.80 bits per heavy atom. The number of nitrogens with zero attached hydrogens (tertiary/aromatic N) is 2. The molecule has 3 aliphatic carbocycles. The summed E-state index contributed by atoms with van der Waals surface area (Å²) in [4.78, 5) is 20.8. The molecule has 6 rings (SSSR count). The van der Waals surface area contributed by atoms with Crippen molar-refractivity contribution in [2.45, 2.75) is 78.6 Å². The molecular weight excluding hydrogens is 491 g/mol. The van der Waals surface area contributed by atoms with Gasteiger partial charge in [0.15, 0.2) is 5.13 Å². The number of benzene rings is 1. The number of nitrogens with one attached hydrogen (secondary N) is 1. The Hall–Kier alpha value is -1.02. The van der Waals surface area contributed by atoms with E-state index in [1.165, 1.54) is 80.0 Å². The van der Waals surface area contributed by atoms with Crippen molar-refractivity contribution >= 4 is 45.9 Å². The van der Waals surface area contributed by atoms with Crippen molar-refractivity contribution in [1.82, 2.24) is 9.88 Å². The van der Waals surface area contributed by atoms with Crippen LogP contribution in [0.2, 0.25) is 0 Å². The Morgan fingerprint density at radius 3 is 2.54 bits per heavy atom. The van der Waals surface area contributed by atoms with Crippen molar-refractivity contribution in [2.24, 2.45) is 17.8 Å². The van der Waals surface area contributed by atoms with E-state index in [0.717, 1.165) is 35.0 Å². The number of rotatable bonds is 9. The van der Waals surface area contributed by atoms with Crippen LogP contribution in [0.3, 0.4) is 0 Å². The molecule has 0 spiro atoms. The molecule has 190 valence electrons. The zero-order chi connectivity index (χ0) is 23.9. The van der Waals surface area contributed by atoms with Crippen molar-refractivity contribution in [3.8, 4) is 0 Å². The van der Waals surface area contributed by atoms with Gasteiger partial charge in [-0.3, -0.25) is 4.79 Å². The maximum atomic E-state index is 12.5. The van der Waals surface area contributed by atoms with Gasteiger partial charge in [0.25, 0.3) is 0 Å². The molecule has 7 heteroatoms. The number of anilines is 1. The van der Waals surface area contributed by atoms with E-state index in [1.807, 2.05) is 29.7 Å². The number of aromatic nitrogens is 1. The van der Waals surface area contributed by atoms with Gasteiger partial charge in [0.2, 0.25) is 5.91 Å². The molecule has 0 bridgehead atoms. The SMILES string of the molecule is O=C(Nc1ncc(SCCN2CCCC2)s1)C1C[C@H]1C1CCCCC1.c1ccc(SC2CC2)cc1. The summed E-state index contributed by atoms with van der Waals surface area (Å²) in [5, 5.41) is 4.78. The lowest BCUT2D eigenvalue weighted by Gasteiger charge is -2.21. The van der Waals surface area contributed by atoms with Gasteiger partial charge in [0.1, 0.15) is 0 Å². The molecule has 1 aliphatic heterocycles. The number of thioether (sulfide) groups is 2. The Balaban J connectivity index is 0.000000211. The van der Waals surface area contributed by atoms with Crippen LogP contribution in [0.5, 0.6) is 0 Å². The molecule has 1 unspecified atom stereocenters. The summed E-state index contributed by atoms with van der Waals surface area (Å²) >= 11 is 5.50. The zero-order valence-electron chi connectivity index (χ0n) is 20.7. The number of carbonyl (C=O) groups excluding carboxylic acids is 1. The fraction of sp³-hybridized carbons (Fsp3) is 0.643. The molecule has 1 N–H and O–H groups in total. The molecule has 2 aromatic rings. The second-order valence-electron chi connectivity index (χ2n) is 10.4. The summed E-state index contributed by atoms with van der Waals surface area (Å²) in [6.45, 7) is 3.68. The third-order valence-electron chi connectivity index (χ3n) is 7.57. The Bertz CT molecular complexity index is 921. The minimum atomic E-state index is 0.207. The topological polar surface area (TPSA) is 45.2 Å². The maximum Gasteiger partial charge on any atom is 0.229 e. The molecule has 4 nitrogen and oxygen atoms in total. The summed E-state index contributed by atoms with van der Waals surface area (Å²) in [6.07, 6.45) is 15.3. The summed E-state index contributed by atoms with van der Waals surface area (Å²) in [6, 6.07) is 10.6. The minimum absolute atomic E-state index is 0.207. The largest absolute Gasteiger partial charge is 0.303 e. The first-order valence-electron chi connectivity index (χ1n) is 13.6. The van der Waals surface area contributed by atoms with Gasteiger partial charge >= 0.3 is 0 Å². The Kier molecular flexibility index (Phi) is 9.50. The predicted molar refractivity (Wildman–Crippen MR) is 151 cm³/mol. The van der Waals surface area contributed by atoms with E-state index in [-0.39, 0.29) is 11.8 Å². The third-order valence-corrected chi connectivity index (χ3v) is 11.0. The average molecular weight is 530 g/mol. The van der Waals surface area contributed by atoms with E-state index in [0.29, 0.717) is 5.92 Å². The second-order valence-corrected chi connectivity index (χ2v) is 14.2. The van der Waals surface area contributed by atoms with E-state index in [9.17, 15) is 4.79 Å². The Labute approximate surface area is 223 Å². The fourth-order valence-electron chi connectivity index (χ4n) is 5.34. The van der Waals surface area contributed by atoms with Gasteiger partial charge in [0.05, 0.1) is 10.4 Å². The van der Waals surface area contributed by atoms with Crippen LogP contribution in [0.15, 0.2) is 45.6 Å². The number of amides is 1. The number of hydrogen-bond acceptors (Lipinski definition) is 6. The van der Waals surface area contributed by atoms with Gasteiger partial charge in [0, 0.05) is 28.4 Å². The van der Waals surface area contributed by atoms with Crippen molar-refractivity contribution in [2.75, 3.05) is 30.7 Å². The lowest BCUT2D eigenvalue weighted by molar-refractivity contribution is -0.117. The molecule has 1 aromatic carbocycles. The first-order valence-corrected chi connectivity index (χ1v) is 16.3. The molecule has 3 saturated carbocycles. The number of hydrogen-bond donors (Lipinski definition) is 1. The Morgan fingerprint density at radius 1 is 1.03 bits per heavy atom. The van der Waals surface area contributed by atoms with Crippen LogP contribution in [0.4, 0.5) is 5.13 Å². The molecule has 4 fully saturated rings. The highest BCUT2D eigenvalue weighted by Crippen LogP contribution is 2.50. The monoisotopic (exact) mass is 529 g/mol. The standard InChI is InChI=1S/C19H29N3OS2.C9H10S/c23-18(16-12-15(16)14-6-2-1-3-7-14)21-19-20-13-17(25-19)24-11-10-22-8-4-5-9-22;1-2-4-8(5-3-1)10-9-6-7-9/h13-16H,1-12H2,(H,20,21,23);1-5,9H,6-7H2/t15-,16?;/m0./s1. The van der Waals surface area contributed by atoms with Crippen molar-refractivity contribution < 1.29 is 4.79 Å². The maximum absolute atomic E-state index is 12.5. The van der Waals surface area contributed by atoms with Crippen LogP contribution in [-0.2, 0) is 4.79 Å². The van der Waals surface area contributed by atoms with Crippen LogP contribution in [0.25, 0.3) is 0 Å². The molecule has 2 atom stereocenters. The van der Waals surface area contributed by atoms with E-state index in [1.54, 1.807) is 11.3 Å². The van der Waals surface area contributed by atoms with Crippen LogP contribution in [-0.4, -0.2) is 46.4 Å². The second kappa shape index (κ2) is 13.0. The van der Waals surface area contributed by atoms with Crippen LogP contribution >= 0.6 is 34.9 Å². The van der Waals surface area contributed by atoms with E-state index >= 15 is 0 Å². The lowest BCUT2D eigenvalue weighted by atomic mass is 9.85. The fourth-order valence-corrected chi connectivity index (χ4v) is 8.36. The lowest BCUT2D eigenvalue weighted by Crippen LogP contribution is -2.21. The highest BCUT2D eigenvalue weighted by Gasteiger charge is 2.47. The van der Waals surface area contributed by atoms with E-state index < -0.39 is 0 Å². The smallest absolute Gasteiger partial charge is 0.229 e. The summed E-state index contributed by atoms with van der Waals surface area (Å²) in [5.74, 6) is 3.02. The van der Waals surface area contributed by atoms with Crippen LogP contribution in [0, 0.1) is 17.8 Å². The van der Waals surface area contributed by atoms with Gasteiger partial charge in [-0.15, -0.1) is 23.5 Å². The zero-order valence-corrected chi connectivity index (χ0v) is 23.1. The van der Waals surface area contributed by atoms with Crippen molar-refractivity contribution in [3.05, 3.63) is 36.5 Å². The predicted octanol–water partition coefficient (Wildman–Crippen LogP) is 7.43. The quantitative estimate of drug-likeness (QED) is 0.342. The van der Waals surface area contributed by atoms with Gasteiger partial charge < -0.3 is 10.2 Å². The van der Waals surface area contributed by atoms with Crippen LogP contribution < -0.4 is 5.32 Å². The molecule has 0 radical (unpaired) electrons. The molecule has 35 heavy (non-hydrogen) atoms. The van der Waals surface area contributed by atoms with Gasteiger partial charge in [-0.25, -0.2) is 4.98 Å². The molecule has 4 aliphatic rings. The molecular formula is C28H39N3OS3. The highest BCUT2D eigenvalue weighted by atomic mass is 32.2. The average Bonchev–Trinajstić information content (AvgIpc) is 3.78. The molecule has 1 amide bonds. The van der Waals surface area contributed by atoms with Crippen LogP contribution in [0.1, 0.15) is 64.2 Å². The molecule has 2 heterocycles. The normalized spacial score (nSPS) is 24.6. The summed E-state index contributed by atoms with van der Waals surface area (Å²) in [5.41, 5.74) is 0. The number of thiazole rings is 1. The van der Waals surface area contributed by atoms with E-state index in [4.69, 9.17) is 0 Å². The number of carbonyl (C=O) groups is 1. The molecule has 1 aromatic heterocycles. The van der Waals surface area contributed by atoms with Gasteiger partial charge in [-0.05, 0) is 69.2 Å².